The molecule has 69 heavy (non-hydrogen) atoms. The van der Waals surface area contributed by atoms with Gasteiger partial charge < -0.3 is 9.47 Å². The van der Waals surface area contributed by atoms with Crippen molar-refractivity contribution in [2.24, 2.45) is 9.98 Å². The predicted octanol–water partition coefficient (Wildman–Crippen LogP) is 11.4. The molecular formula is C53H24N6O6S4. The maximum Gasteiger partial charge on any atom is 0.334 e. The van der Waals surface area contributed by atoms with Crippen molar-refractivity contribution >= 4 is 131 Å². The molecule has 326 valence electrons. The van der Waals surface area contributed by atoms with Gasteiger partial charge in [-0.3, -0.25) is 19.2 Å². The number of thiophene rings is 4. The summed E-state index contributed by atoms with van der Waals surface area (Å²) in [4.78, 5) is 68.9. The number of hydrogen-bond donors (Lipinski definition) is 0. The number of esters is 2. The second-order valence-corrected chi connectivity index (χ2v) is 19.8. The van der Waals surface area contributed by atoms with Crippen molar-refractivity contribution in [3.8, 4) is 24.3 Å². The van der Waals surface area contributed by atoms with Gasteiger partial charge in [0.2, 0.25) is 17.0 Å². The monoisotopic (exact) mass is 968 g/mol. The molecule has 4 aromatic heterocycles. The van der Waals surface area contributed by atoms with Crippen molar-refractivity contribution in [3.63, 3.8) is 0 Å². The molecule has 4 heterocycles. The van der Waals surface area contributed by atoms with Gasteiger partial charge in [-0.2, -0.15) is 21.0 Å². The normalized spacial score (nSPS) is 15.4. The average molecular weight is 969 g/mol. The van der Waals surface area contributed by atoms with E-state index < -0.39 is 28.9 Å². The number of carbonyl (C=O) groups excluding carboxylic acids is 4. The molecule has 0 fully saturated rings. The lowest BCUT2D eigenvalue weighted by atomic mass is 9.81. The van der Waals surface area contributed by atoms with E-state index in [2.05, 4.69) is 0 Å². The first kappa shape index (κ1) is 42.9. The first-order chi connectivity index (χ1) is 33.7. The van der Waals surface area contributed by atoms with Crippen molar-refractivity contribution in [2.45, 2.75) is 18.6 Å². The van der Waals surface area contributed by atoms with E-state index in [0.29, 0.717) is 42.4 Å². The standard InChI is InChI=1S/C53H24N6O6S4/c54-21-29(22-55)39-31-15-7-9-17-33(31)44(60)42(39)58-37-19-35-41(53(37,51(62)64-25-27-11-3-1-4-12-27)52(63)65-26-28-13-5-2-6-14-28)47-49(66-35)50-48(69-47)46-36(67-50)20-38(68-46)59-43-40(30(23-56)24-57)32-16-8-10-18-34(32)45(43)61/h1-20H,25-26H2. The van der Waals surface area contributed by atoms with E-state index in [1.165, 1.54) is 45.3 Å². The minimum absolute atomic E-state index is 0.00373. The van der Waals surface area contributed by atoms with E-state index in [1.54, 1.807) is 103 Å². The fourth-order valence-electron chi connectivity index (χ4n) is 8.79. The Hall–Kier alpha value is -8.74. The van der Waals surface area contributed by atoms with Crippen molar-refractivity contribution in [1.29, 1.82) is 21.0 Å². The maximum absolute atomic E-state index is 15.4. The number of Topliss-reactive ketones (excluding diaryl/α,β-unsaturated/α-hetero) is 2. The fourth-order valence-corrected chi connectivity index (χ4v) is 14.6. The van der Waals surface area contributed by atoms with Crippen LogP contribution in [0.15, 0.2) is 142 Å². The fraction of sp³-hybridized carbons (Fsp3) is 0.0566. The molecule has 0 bridgehead atoms. The first-order valence-electron chi connectivity index (χ1n) is 20.8. The highest BCUT2D eigenvalue weighted by Gasteiger charge is 2.60. The summed E-state index contributed by atoms with van der Waals surface area (Å²) in [7, 11) is 0. The van der Waals surface area contributed by atoms with E-state index >= 15 is 9.59 Å². The van der Waals surface area contributed by atoms with Crippen molar-refractivity contribution < 1.29 is 28.7 Å². The minimum Gasteiger partial charge on any atom is -0.459 e. The summed E-state index contributed by atoms with van der Waals surface area (Å²) in [6.45, 7) is -0.449. The lowest BCUT2D eigenvalue weighted by Gasteiger charge is -2.27. The molecule has 4 aromatic carbocycles. The zero-order valence-corrected chi connectivity index (χ0v) is 38.5. The number of ether oxygens (including phenoxy) is 2. The van der Waals surface area contributed by atoms with Gasteiger partial charge in [0.1, 0.15) is 65.1 Å². The molecule has 0 spiro atoms. The summed E-state index contributed by atoms with van der Waals surface area (Å²) >= 11 is 5.45. The van der Waals surface area contributed by atoms with Crippen LogP contribution in [0.5, 0.6) is 0 Å². The molecule has 0 saturated heterocycles. The third-order valence-electron chi connectivity index (χ3n) is 11.9. The molecule has 0 amide bonds. The van der Waals surface area contributed by atoms with Crippen LogP contribution in [-0.4, -0.2) is 34.9 Å². The number of ketones is 2. The Morgan fingerprint density at radius 2 is 1.00 bits per heavy atom. The van der Waals surface area contributed by atoms with Gasteiger partial charge in [0.05, 0.1) is 29.2 Å². The van der Waals surface area contributed by atoms with E-state index in [4.69, 9.17) is 19.5 Å². The quantitative estimate of drug-likeness (QED) is 0.0799. The Morgan fingerprint density at radius 3 is 1.52 bits per heavy atom. The summed E-state index contributed by atoms with van der Waals surface area (Å²) in [6.07, 6.45) is 1.58. The number of rotatable bonds is 8. The molecule has 0 unspecified atom stereocenters. The number of nitriles is 4. The first-order valence-corrected chi connectivity index (χ1v) is 24.1. The van der Waals surface area contributed by atoms with Crippen LogP contribution in [0.25, 0.3) is 45.4 Å². The molecule has 0 radical (unpaired) electrons. The Bertz CT molecular complexity index is 3900. The topological polar surface area (TPSA) is 207 Å². The Morgan fingerprint density at radius 1 is 0.536 bits per heavy atom. The number of nitrogens with zero attached hydrogens (tertiary/aromatic N) is 6. The highest BCUT2D eigenvalue weighted by molar-refractivity contribution is 7.45. The average Bonchev–Trinajstić information content (AvgIpc) is 4.24. The molecule has 0 aliphatic heterocycles. The lowest BCUT2D eigenvalue weighted by Crippen LogP contribution is -2.46. The SMILES string of the molecule is N#CC(C#N)=C1C(=NC2=Cc3sc4c(sc5c6sc(N=C7C(=O)c8ccccc8C7=C(C#N)C#N)cc6sc45)c3C2(C(=O)OCc2ccccc2)C(=O)OCc2ccccc2)C(=O)c2ccccc21. The third-order valence-corrected chi connectivity index (χ3v) is 17.1. The number of aliphatic imine (C=N–C) groups is 2. The van der Waals surface area contributed by atoms with E-state index in [0.717, 1.165) is 23.5 Å². The number of carbonyl (C=O) groups is 4. The predicted molar refractivity (Wildman–Crippen MR) is 265 cm³/mol. The summed E-state index contributed by atoms with van der Waals surface area (Å²) in [5.74, 6) is -3.03. The molecule has 8 aromatic rings. The van der Waals surface area contributed by atoms with Crippen LogP contribution in [0, 0.1) is 45.3 Å². The molecular weight excluding hydrogens is 945 g/mol. The van der Waals surface area contributed by atoms with Gasteiger partial charge in [-0.25, -0.2) is 9.98 Å². The zero-order valence-electron chi connectivity index (χ0n) is 35.2. The molecule has 11 rings (SSSR count). The van der Waals surface area contributed by atoms with E-state index in [1.807, 2.05) is 42.5 Å². The van der Waals surface area contributed by atoms with Gasteiger partial charge in [0.25, 0.3) is 0 Å². The number of allylic oxidation sites excluding steroid dienone is 4. The van der Waals surface area contributed by atoms with Crippen molar-refractivity contribution in [2.75, 3.05) is 0 Å². The second-order valence-electron chi connectivity index (χ2n) is 15.7. The van der Waals surface area contributed by atoms with Gasteiger partial charge in [-0.1, -0.05) is 109 Å². The Balaban J connectivity index is 1.11. The van der Waals surface area contributed by atoms with Crippen molar-refractivity contribution in [1.82, 2.24) is 0 Å². The molecule has 12 nitrogen and oxygen atoms in total. The van der Waals surface area contributed by atoms with Gasteiger partial charge in [-0.05, 0) is 34.4 Å². The van der Waals surface area contributed by atoms with Crippen LogP contribution in [0.3, 0.4) is 0 Å². The number of fused-ring (bicyclic) bond motifs is 9. The van der Waals surface area contributed by atoms with Gasteiger partial charge in [-0.15, -0.1) is 45.3 Å². The Labute approximate surface area is 406 Å². The summed E-state index contributed by atoms with van der Waals surface area (Å²) in [5, 5.41) is 40.5. The van der Waals surface area contributed by atoms with Crippen LogP contribution < -0.4 is 0 Å². The van der Waals surface area contributed by atoms with Gasteiger partial charge in [0.15, 0.2) is 0 Å². The largest absolute Gasteiger partial charge is 0.459 e. The minimum atomic E-state index is -2.41. The zero-order chi connectivity index (χ0) is 47.6. The van der Waals surface area contributed by atoms with Crippen LogP contribution in [0.1, 0.15) is 53.4 Å². The molecule has 0 saturated carbocycles. The molecule has 0 N–H and O–H groups in total. The highest BCUT2D eigenvalue weighted by atomic mass is 32.1. The summed E-state index contributed by atoms with van der Waals surface area (Å²) in [5.41, 5.74) is -0.476. The second kappa shape index (κ2) is 16.8. The highest BCUT2D eigenvalue weighted by Crippen LogP contribution is 2.59. The molecule has 3 aliphatic rings. The van der Waals surface area contributed by atoms with Gasteiger partial charge >= 0.3 is 11.9 Å². The smallest absolute Gasteiger partial charge is 0.334 e. The third kappa shape index (κ3) is 6.62. The number of hydrogen-bond acceptors (Lipinski definition) is 16. The number of benzene rings is 4. The van der Waals surface area contributed by atoms with Crippen LogP contribution >= 0.6 is 45.3 Å². The van der Waals surface area contributed by atoms with Gasteiger partial charge in [0, 0.05) is 37.4 Å². The van der Waals surface area contributed by atoms with Crippen LogP contribution in [0.2, 0.25) is 0 Å². The Kier molecular flexibility index (Phi) is 10.5. The summed E-state index contributed by atoms with van der Waals surface area (Å²) in [6, 6.07) is 40.6. The van der Waals surface area contributed by atoms with Crippen LogP contribution in [0.4, 0.5) is 5.00 Å². The van der Waals surface area contributed by atoms with Crippen LogP contribution in [-0.2, 0) is 37.7 Å². The molecule has 3 aliphatic carbocycles. The molecule has 0 atom stereocenters. The summed E-state index contributed by atoms with van der Waals surface area (Å²) < 4.78 is 16.9. The van der Waals surface area contributed by atoms with Crippen molar-refractivity contribution in [3.05, 3.63) is 176 Å². The van der Waals surface area contributed by atoms with E-state index in [-0.39, 0.29) is 63.8 Å². The maximum atomic E-state index is 15.4. The van der Waals surface area contributed by atoms with E-state index in [9.17, 15) is 30.6 Å². The lowest BCUT2D eigenvalue weighted by molar-refractivity contribution is -0.164. The molecule has 16 heteroatoms.